The minimum atomic E-state index is -4.32. The van der Waals surface area contributed by atoms with Gasteiger partial charge in [-0.05, 0) is 16.7 Å². The van der Waals surface area contributed by atoms with E-state index < -0.39 is 24.9 Å². The normalized spacial score (nSPS) is 23.0. The summed E-state index contributed by atoms with van der Waals surface area (Å²) in [6.07, 6.45) is -7.46. The summed E-state index contributed by atoms with van der Waals surface area (Å²) in [4.78, 5) is 2.57. The standard InChI is InChI=1S/C10H8F3N3O/c11-10(12,13)5-8-6-3-1-2-4-7(6)9(17-8)15-16-14/h1-4,8-9H,5H2/t8-,9-/m0/s1. The fraction of sp³-hybridized carbons (Fsp3) is 0.400. The van der Waals surface area contributed by atoms with Crippen molar-refractivity contribution in [3.05, 3.63) is 45.8 Å². The zero-order chi connectivity index (χ0) is 12.5. The van der Waals surface area contributed by atoms with Gasteiger partial charge in [0.2, 0.25) is 0 Å². The van der Waals surface area contributed by atoms with Crippen LogP contribution < -0.4 is 0 Å². The molecule has 17 heavy (non-hydrogen) atoms. The molecular weight excluding hydrogens is 235 g/mol. The SMILES string of the molecule is [N-]=[N+]=N[C@H]1O[C@@H](CC(F)(F)F)c2ccccc21. The third kappa shape index (κ3) is 2.51. The van der Waals surface area contributed by atoms with Crippen LogP contribution in [0.15, 0.2) is 29.4 Å². The van der Waals surface area contributed by atoms with Crippen LogP contribution in [0.1, 0.15) is 29.9 Å². The van der Waals surface area contributed by atoms with Crippen LogP contribution in [-0.4, -0.2) is 6.18 Å². The topological polar surface area (TPSA) is 58.0 Å². The van der Waals surface area contributed by atoms with Gasteiger partial charge in [-0.25, -0.2) is 0 Å². The molecule has 0 aromatic heterocycles. The number of benzene rings is 1. The van der Waals surface area contributed by atoms with E-state index in [9.17, 15) is 13.2 Å². The maximum Gasteiger partial charge on any atom is 0.391 e. The first-order chi connectivity index (χ1) is 8.01. The Kier molecular flexibility index (Phi) is 2.95. The zero-order valence-corrected chi connectivity index (χ0v) is 8.55. The Morgan fingerprint density at radius 1 is 1.29 bits per heavy atom. The fourth-order valence-electron chi connectivity index (χ4n) is 1.84. The monoisotopic (exact) mass is 243 g/mol. The largest absolute Gasteiger partial charge is 0.391 e. The molecule has 0 saturated heterocycles. The molecule has 0 N–H and O–H groups in total. The molecule has 7 heteroatoms. The van der Waals surface area contributed by atoms with Gasteiger partial charge in [-0.3, -0.25) is 0 Å². The first kappa shape index (κ1) is 11.8. The predicted octanol–water partition coefficient (Wildman–Crippen LogP) is 4.02. The highest BCUT2D eigenvalue weighted by Crippen LogP contribution is 2.44. The second-order valence-corrected chi connectivity index (χ2v) is 3.63. The summed E-state index contributed by atoms with van der Waals surface area (Å²) in [6.45, 7) is 0. The maximum absolute atomic E-state index is 12.3. The summed E-state index contributed by atoms with van der Waals surface area (Å²) >= 11 is 0. The summed E-state index contributed by atoms with van der Waals surface area (Å²) in [5, 5.41) is 3.34. The molecule has 0 spiro atoms. The van der Waals surface area contributed by atoms with Crippen LogP contribution in [0.4, 0.5) is 13.2 Å². The average molecular weight is 243 g/mol. The summed E-state index contributed by atoms with van der Waals surface area (Å²) in [6, 6.07) is 6.45. The summed E-state index contributed by atoms with van der Waals surface area (Å²) in [5.74, 6) is 0. The van der Waals surface area contributed by atoms with E-state index >= 15 is 0 Å². The molecule has 90 valence electrons. The third-order valence-electron chi connectivity index (χ3n) is 2.48. The van der Waals surface area contributed by atoms with Crippen molar-refractivity contribution < 1.29 is 17.9 Å². The molecule has 1 aromatic carbocycles. The van der Waals surface area contributed by atoms with E-state index in [2.05, 4.69) is 10.0 Å². The molecule has 1 aliphatic rings. The molecular formula is C10H8F3N3O. The first-order valence-electron chi connectivity index (χ1n) is 4.86. The van der Waals surface area contributed by atoms with Gasteiger partial charge in [0.25, 0.3) is 0 Å². The predicted molar refractivity (Wildman–Crippen MR) is 52.8 cm³/mol. The highest BCUT2D eigenvalue weighted by molar-refractivity contribution is 5.34. The van der Waals surface area contributed by atoms with E-state index in [0.29, 0.717) is 11.1 Å². The van der Waals surface area contributed by atoms with Crippen LogP contribution in [0.25, 0.3) is 10.4 Å². The number of ether oxygens (including phenoxy) is 1. The zero-order valence-electron chi connectivity index (χ0n) is 8.55. The highest BCUT2D eigenvalue weighted by atomic mass is 19.4. The van der Waals surface area contributed by atoms with E-state index in [1.807, 2.05) is 0 Å². The lowest BCUT2D eigenvalue weighted by Crippen LogP contribution is -2.13. The number of hydrogen-bond donors (Lipinski definition) is 0. The van der Waals surface area contributed by atoms with Crippen molar-refractivity contribution in [1.29, 1.82) is 0 Å². The number of nitrogens with zero attached hydrogens (tertiary/aromatic N) is 3. The van der Waals surface area contributed by atoms with E-state index in [4.69, 9.17) is 10.3 Å². The Labute approximate surface area is 94.6 Å². The maximum atomic E-state index is 12.3. The number of halogens is 3. The average Bonchev–Trinajstić information content (AvgIpc) is 2.56. The number of fused-ring (bicyclic) bond motifs is 1. The molecule has 2 rings (SSSR count). The molecule has 1 heterocycles. The Morgan fingerprint density at radius 3 is 2.53 bits per heavy atom. The van der Waals surface area contributed by atoms with Crippen molar-refractivity contribution >= 4 is 0 Å². The van der Waals surface area contributed by atoms with Crippen LogP contribution in [0.5, 0.6) is 0 Å². The molecule has 0 fully saturated rings. The lowest BCUT2D eigenvalue weighted by atomic mass is 10.0. The number of alkyl halides is 3. The van der Waals surface area contributed by atoms with Crippen LogP contribution in [0.3, 0.4) is 0 Å². The van der Waals surface area contributed by atoms with Crippen LogP contribution in [-0.2, 0) is 4.74 Å². The van der Waals surface area contributed by atoms with Gasteiger partial charge in [0, 0.05) is 4.91 Å². The van der Waals surface area contributed by atoms with Crippen molar-refractivity contribution in [2.75, 3.05) is 0 Å². The third-order valence-corrected chi connectivity index (χ3v) is 2.48. The molecule has 0 bridgehead atoms. The van der Waals surface area contributed by atoms with Crippen LogP contribution in [0.2, 0.25) is 0 Å². The number of azide groups is 1. The minimum absolute atomic E-state index is 0.433. The van der Waals surface area contributed by atoms with Crippen molar-refractivity contribution in [2.45, 2.75) is 24.9 Å². The van der Waals surface area contributed by atoms with Gasteiger partial charge >= 0.3 is 6.18 Å². The van der Waals surface area contributed by atoms with Crippen molar-refractivity contribution in [2.24, 2.45) is 5.11 Å². The molecule has 2 atom stereocenters. The second kappa shape index (κ2) is 4.27. The Balaban J connectivity index is 2.31. The van der Waals surface area contributed by atoms with Gasteiger partial charge in [-0.2, -0.15) is 13.2 Å². The summed E-state index contributed by atoms with van der Waals surface area (Å²) < 4.78 is 42.1. The number of rotatable bonds is 2. The van der Waals surface area contributed by atoms with E-state index in [1.54, 1.807) is 24.3 Å². The van der Waals surface area contributed by atoms with Gasteiger partial charge in [-0.15, -0.1) is 0 Å². The van der Waals surface area contributed by atoms with Gasteiger partial charge in [0.15, 0.2) is 6.23 Å². The second-order valence-electron chi connectivity index (χ2n) is 3.63. The minimum Gasteiger partial charge on any atom is -0.359 e. The molecule has 0 saturated carbocycles. The molecule has 0 radical (unpaired) electrons. The molecule has 0 unspecified atom stereocenters. The van der Waals surface area contributed by atoms with Crippen molar-refractivity contribution in [1.82, 2.24) is 0 Å². The lowest BCUT2D eigenvalue weighted by molar-refractivity contribution is -0.164. The Hall–Kier alpha value is -1.72. The molecule has 4 nitrogen and oxygen atoms in total. The van der Waals surface area contributed by atoms with E-state index in [1.165, 1.54) is 0 Å². The van der Waals surface area contributed by atoms with Gasteiger partial charge in [-0.1, -0.05) is 29.4 Å². The molecule has 1 aliphatic heterocycles. The van der Waals surface area contributed by atoms with Gasteiger partial charge < -0.3 is 4.74 Å². The van der Waals surface area contributed by atoms with Crippen molar-refractivity contribution in [3.8, 4) is 0 Å². The Bertz CT molecular complexity index is 468. The van der Waals surface area contributed by atoms with Gasteiger partial charge in [0.05, 0.1) is 12.5 Å². The van der Waals surface area contributed by atoms with Crippen LogP contribution in [0, 0.1) is 0 Å². The Morgan fingerprint density at radius 2 is 1.94 bits per heavy atom. The highest BCUT2D eigenvalue weighted by Gasteiger charge is 2.39. The summed E-state index contributed by atoms with van der Waals surface area (Å²) in [7, 11) is 0. The van der Waals surface area contributed by atoms with E-state index in [-0.39, 0.29) is 0 Å². The smallest absolute Gasteiger partial charge is 0.359 e. The van der Waals surface area contributed by atoms with E-state index in [0.717, 1.165) is 0 Å². The van der Waals surface area contributed by atoms with Gasteiger partial charge in [0.1, 0.15) is 0 Å². The first-order valence-corrected chi connectivity index (χ1v) is 4.86. The van der Waals surface area contributed by atoms with Crippen LogP contribution >= 0.6 is 0 Å². The number of hydrogen-bond acceptors (Lipinski definition) is 2. The molecule has 0 amide bonds. The molecule has 0 aliphatic carbocycles. The van der Waals surface area contributed by atoms with Crippen molar-refractivity contribution in [3.63, 3.8) is 0 Å². The molecule has 1 aromatic rings. The lowest BCUT2D eigenvalue weighted by Gasteiger charge is -2.14. The summed E-state index contributed by atoms with van der Waals surface area (Å²) in [5.41, 5.74) is 9.26. The fourth-order valence-corrected chi connectivity index (χ4v) is 1.84. The quantitative estimate of drug-likeness (QED) is 0.439.